The van der Waals surface area contributed by atoms with E-state index in [1.807, 2.05) is 17.9 Å². The second-order valence-corrected chi connectivity index (χ2v) is 6.68. The fourth-order valence-corrected chi connectivity index (χ4v) is 3.54. The first-order valence-electron chi connectivity index (χ1n) is 8.76. The molecule has 0 aromatic heterocycles. The van der Waals surface area contributed by atoms with Gasteiger partial charge < -0.3 is 15.1 Å². The maximum absolute atomic E-state index is 13.0. The third-order valence-corrected chi connectivity index (χ3v) is 5.16. The van der Waals surface area contributed by atoms with Crippen molar-refractivity contribution in [2.45, 2.75) is 39.2 Å². The van der Waals surface area contributed by atoms with Crippen LogP contribution in [0.15, 0.2) is 11.6 Å². The summed E-state index contributed by atoms with van der Waals surface area (Å²) < 4.78 is 0. The first-order valence-corrected chi connectivity index (χ1v) is 9.17. The van der Waals surface area contributed by atoms with Gasteiger partial charge in [-0.3, -0.25) is 14.5 Å². The van der Waals surface area contributed by atoms with Gasteiger partial charge in [0, 0.05) is 33.2 Å². The highest BCUT2D eigenvalue weighted by Gasteiger charge is 2.42. The average molecular weight is 353 g/mol. The molecular weight excluding hydrogens is 324 g/mol. The van der Waals surface area contributed by atoms with Crippen molar-refractivity contribution in [2.75, 3.05) is 39.8 Å². The molecule has 1 saturated heterocycles. The lowest BCUT2D eigenvalue weighted by atomic mass is 10.0. The molecule has 0 aromatic carbocycles. The molecule has 6 nitrogen and oxygen atoms in total. The third kappa shape index (κ3) is 3.95. The highest BCUT2D eigenvalue weighted by molar-refractivity contribution is 7.80. The zero-order valence-corrected chi connectivity index (χ0v) is 15.7. The molecule has 1 atom stereocenters. The normalized spacial score (nSPS) is 21.3. The van der Waals surface area contributed by atoms with Crippen LogP contribution < -0.4 is 5.32 Å². The molecule has 2 aliphatic heterocycles. The minimum absolute atomic E-state index is 0.0374. The largest absolute Gasteiger partial charge is 0.349 e. The number of carbonyl (C=O) groups is 2. The van der Waals surface area contributed by atoms with E-state index in [2.05, 4.69) is 12.2 Å². The number of carbonyl (C=O) groups excluding carboxylic acids is 2. The van der Waals surface area contributed by atoms with Crippen LogP contribution in [0.25, 0.3) is 0 Å². The van der Waals surface area contributed by atoms with E-state index in [0.717, 1.165) is 44.5 Å². The number of likely N-dealkylation sites (N-methyl/N-ethyl adjacent to an activating group) is 1. The topological polar surface area (TPSA) is 55.9 Å². The predicted molar refractivity (Wildman–Crippen MR) is 98.6 cm³/mol. The zero-order chi connectivity index (χ0) is 17.7. The molecule has 1 N–H and O–H groups in total. The molecule has 0 aliphatic carbocycles. The number of hydrogen-bond donors (Lipinski definition) is 1. The lowest BCUT2D eigenvalue weighted by molar-refractivity contribution is -0.149. The number of nitrogens with one attached hydrogen (secondary N) is 1. The Kier molecular flexibility index (Phi) is 6.74. The van der Waals surface area contributed by atoms with E-state index < -0.39 is 6.04 Å². The number of hydrogen-bond acceptors (Lipinski definition) is 4. The van der Waals surface area contributed by atoms with Crippen LogP contribution >= 0.6 is 12.2 Å². The molecule has 0 radical (unpaired) electrons. The van der Waals surface area contributed by atoms with Crippen LogP contribution in [0.2, 0.25) is 0 Å². The van der Waals surface area contributed by atoms with E-state index in [-0.39, 0.29) is 18.4 Å². The van der Waals surface area contributed by atoms with Crippen molar-refractivity contribution in [3.63, 3.8) is 0 Å². The molecule has 2 amide bonds. The fourth-order valence-electron chi connectivity index (χ4n) is 3.16. The summed E-state index contributed by atoms with van der Waals surface area (Å²) in [6.07, 6.45) is 5.31. The van der Waals surface area contributed by atoms with Gasteiger partial charge in [0.15, 0.2) is 5.11 Å². The fraction of sp³-hybridized carbons (Fsp3) is 0.706. The van der Waals surface area contributed by atoms with Crippen LogP contribution in [0.5, 0.6) is 0 Å². The number of nitrogens with zero attached hydrogens (tertiary/aromatic N) is 3. The minimum atomic E-state index is -0.534. The molecule has 0 spiro atoms. The molecular formula is C17H28N4O2S. The summed E-state index contributed by atoms with van der Waals surface area (Å²) in [5.74, 6) is -0.162. The number of rotatable bonds is 6. The smallest absolute Gasteiger partial charge is 0.256 e. The van der Waals surface area contributed by atoms with Gasteiger partial charge in [0.2, 0.25) is 5.91 Å². The molecule has 0 aromatic rings. The van der Waals surface area contributed by atoms with Crippen molar-refractivity contribution < 1.29 is 9.59 Å². The van der Waals surface area contributed by atoms with Crippen molar-refractivity contribution in [1.29, 1.82) is 0 Å². The van der Waals surface area contributed by atoms with Crippen molar-refractivity contribution in [2.24, 2.45) is 0 Å². The summed E-state index contributed by atoms with van der Waals surface area (Å²) in [5.41, 5.74) is 0.956. The highest BCUT2D eigenvalue weighted by atomic mass is 32.1. The van der Waals surface area contributed by atoms with Crippen LogP contribution in [0.3, 0.4) is 0 Å². The molecule has 24 heavy (non-hydrogen) atoms. The summed E-state index contributed by atoms with van der Waals surface area (Å²) in [6.45, 7) is 7.17. The van der Waals surface area contributed by atoms with E-state index in [1.165, 1.54) is 4.90 Å². The molecule has 7 heteroatoms. The van der Waals surface area contributed by atoms with E-state index in [0.29, 0.717) is 11.7 Å². The standard InChI is InChI=1S/C17H28N4O2S/c1-4-6-7-10-20(5-2)17(24)21-12-14(22)19(3)15(16(21)23)13-8-9-18-11-13/h8,15,18H,4-7,9-12H2,1-3H3. The minimum Gasteiger partial charge on any atom is -0.349 e. The van der Waals surface area contributed by atoms with Crippen LogP contribution in [-0.2, 0) is 9.59 Å². The monoisotopic (exact) mass is 352 g/mol. The van der Waals surface area contributed by atoms with Crippen LogP contribution in [0, 0.1) is 0 Å². The second kappa shape index (κ2) is 8.58. The molecule has 2 rings (SSSR count). The summed E-state index contributed by atoms with van der Waals surface area (Å²) in [5, 5.41) is 3.68. The van der Waals surface area contributed by atoms with E-state index in [4.69, 9.17) is 12.2 Å². The summed E-state index contributed by atoms with van der Waals surface area (Å²) in [4.78, 5) is 30.5. The summed E-state index contributed by atoms with van der Waals surface area (Å²) in [6, 6.07) is -0.534. The van der Waals surface area contributed by atoms with Crippen molar-refractivity contribution in [3.05, 3.63) is 11.6 Å². The quantitative estimate of drug-likeness (QED) is 0.439. The third-order valence-electron chi connectivity index (χ3n) is 4.68. The Morgan fingerprint density at radius 3 is 2.71 bits per heavy atom. The first-order chi connectivity index (χ1) is 11.5. The van der Waals surface area contributed by atoms with Gasteiger partial charge in [-0.1, -0.05) is 25.8 Å². The lowest BCUT2D eigenvalue weighted by Crippen LogP contribution is -2.62. The Morgan fingerprint density at radius 1 is 1.38 bits per heavy atom. The van der Waals surface area contributed by atoms with Gasteiger partial charge in [-0.05, 0) is 31.1 Å². The van der Waals surface area contributed by atoms with Gasteiger partial charge in [0.1, 0.15) is 12.6 Å². The Balaban J connectivity index is 2.14. The van der Waals surface area contributed by atoms with Crippen LogP contribution in [-0.4, -0.2) is 77.4 Å². The average Bonchev–Trinajstić information content (AvgIpc) is 3.09. The zero-order valence-electron chi connectivity index (χ0n) is 14.9. The Morgan fingerprint density at radius 2 is 2.12 bits per heavy atom. The van der Waals surface area contributed by atoms with Crippen LogP contribution in [0.4, 0.5) is 0 Å². The van der Waals surface area contributed by atoms with Gasteiger partial charge in [-0.2, -0.15) is 0 Å². The molecule has 134 valence electrons. The highest BCUT2D eigenvalue weighted by Crippen LogP contribution is 2.21. The Bertz CT molecular complexity index is 535. The van der Waals surface area contributed by atoms with Crippen molar-refractivity contribution in [1.82, 2.24) is 20.0 Å². The van der Waals surface area contributed by atoms with Gasteiger partial charge in [0.25, 0.3) is 5.91 Å². The molecule has 2 aliphatic rings. The molecule has 1 fully saturated rings. The van der Waals surface area contributed by atoms with Gasteiger partial charge >= 0.3 is 0 Å². The first kappa shape index (κ1) is 18.9. The summed E-state index contributed by atoms with van der Waals surface area (Å²) >= 11 is 5.57. The molecule has 2 heterocycles. The van der Waals surface area contributed by atoms with E-state index in [9.17, 15) is 9.59 Å². The van der Waals surface area contributed by atoms with E-state index in [1.54, 1.807) is 11.9 Å². The molecule has 1 unspecified atom stereocenters. The Hall–Kier alpha value is -1.47. The SMILES string of the molecule is CCCCCN(CC)C(=S)N1CC(=O)N(C)C(C2=CCNC2)C1=O. The van der Waals surface area contributed by atoms with Gasteiger partial charge in [0.05, 0.1) is 0 Å². The summed E-state index contributed by atoms with van der Waals surface area (Å²) in [7, 11) is 1.70. The van der Waals surface area contributed by atoms with E-state index >= 15 is 0 Å². The van der Waals surface area contributed by atoms with Crippen molar-refractivity contribution in [3.8, 4) is 0 Å². The molecule has 0 saturated carbocycles. The number of thiocarbonyl (C=S) groups is 1. The Labute approximate surface area is 149 Å². The maximum Gasteiger partial charge on any atom is 0.256 e. The maximum atomic E-state index is 13.0. The van der Waals surface area contributed by atoms with Crippen molar-refractivity contribution >= 4 is 29.1 Å². The number of piperazine rings is 1. The predicted octanol–water partition coefficient (Wildman–Crippen LogP) is 0.982. The van der Waals surface area contributed by atoms with Crippen LogP contribution in [0.1, 0.15) is 33.1 Å². The lowest BCUT2D eigenvalue weighted by Gasteiger charge is -2.41. The second-order valence-electron chi connectivity index (χ2n) is 6.31. The van der Waals surface area contributed by atoms with Gasteiger partial charge in [-0.15, -0.1) is 0 Å². The number of unbranched alkanes of at least 4 members (excludes halogenated alkanes) is 2. The number of amides is 2. The molecule has 0 bridgehead atoms. The van der Waals surface area contributed by atoms with Gasteiger partial charge in [-0.25, -0.2) is 0 Å².